The summed E-state index contributed by atoms with van der Waals surface area (Å²) in [7, 11) is -1.49. The standard InChI is InChI=1S/C22H35N5O4S/c1-19(28)26-15-17-27(18-16-26)32(30,31)21-7-5-20(6-8-21)22(29)23-9-3-4-10-25-13-11-24(2)12-14-25/h5-8H,3-4,9-18H2,1-2H3,(H,23,29). The number of hydrogen-bond acceptors (Lipinski definition) is 6. The monoisotopic (exact) mass is 465 g/mol. The molecule has 0 radical (unpaired) electrons. The number of hydrogen-bond donors (Lipinski definition) is 1. The summed E-state index contributed by atoms with van der Waals surface area (Å²) in [6.07, 6.45) is 1.95. The van der Waals surface area contributed by atoms with Gasteiger partial charge in [-0.15, -0.1) is 0 Å². The van der Waals surface area contributed by atoms with Crippen molar-refractivity contribution in [2.24, 2.45) is 0 Å². The SMILES string of the molecule is CC(=O)N1CCN(S(=O)(=O)c2ccc(C(=O)NCCCCN3CCN(C)CC3)cc2)CC1. The molecule has 32 heavy (non-hydrogen) atoms. The zero-order valence-corrected chi connectivity index (χ0v) is 19.9. The lowest BCUT2D eigenvalue weighted by atomic mass is 10.2. The van der Waals surface area contributed by atoms with Crippen LogP contribution in [0, 0.1) is 0 Å². The smallest absolute Gasteiger partial charge is 0.251 e. The highest BCUT2D eigenvalue weighted by Gasteiger charge is 2.29. The normalized spacial score (nSPS) is 19.1. The van der Waals surface area contributed by atoms with E-state index in [0.717, 1.165) is 45.6 Å². The highest BCUT2D eigenvalue weighted by Crippen LogP contribution is 2.18. The number of carbonyl (C=O) groups excluding carboxylic acids is 2. The molecule has 0 atom stereocenters. The van der Waals surface area contributed by atoms with Crippen molar-refractivity contribution in [2.75, 3.05) is 72.5 Å². The first-order valence-electron chi connectivity index (χ1n) is 11.3. The summed E-state index contributed by atoms with van der Waals surface area (Å²) < 4.78 is 27.1. The number of nitrogens with one attached hydrogen (secondary N) is 1. The lowest BCUT2D eigenvalue weighted by molar-refractivity contribution is -0.129. The van der Waals surface area contributed by atoms with Crippen LogP contribution in [0.15, 0.2) is 29.2 Å². The Morgan fingerprint density at radius 2 is 1.53 bits per heavy atom. The molecule has 10 heteroatoms. The summed E-state index contributed by atoms with van der Waals surface area (Å²) in [5, 5.41) is 2.92. The topological polar surface area (TPSA) is 93.3 Å². The number of amides is 2. The van der Waals surface area contributed by atoms with Gasteiger partial charge in [0.1, 0.15) is 0 Å². The molecular formula is C22H35N5O4S. The second-order valence-corrected chi connectivity index (χ2v) is 10.5. The van der Waals surface area contributed by atoms with Crippen LogP contribution in [0.25, 0.3) is 0 Å². The van der Waals surface area contributed by atoms with Gasteiger partial charge in [-0.1, -0.05) is 0 Å². The molecule has 2 fully saturated rings. The molecule has 2 aliphatic heterocycles. The predicted octanol–water partition coefficient (Wildman–Crippen LogP) is 0.297. The summed E-state index contributed by atoms with van der Waals surface area (Å²) >= 11 is 0. The molecule has 9 nitrogen and oxygen atoms in total. The van der Waals surface area contributed by atoms with Gasteiger partial charge in [-0.3, -0.25) is 9.59 Å². The first kappa shape index (κ1) is 24.6. The van der Waals surface area contributed by atoms with Crippen molar-refractivity contribution in [3.8, 4) is 0 Å². The average molecular weight is 466 g/mol. The zero-order valence-electron chi connectivity index (χ0n) is 19.1. The number of piperazine rings is 2. The molecule has 1 aromatic rings. The van der Waals surface area contributed by atoms with E-state index >= 15 is 0 Å². The van der Waals surface area contributed by atoms with E-state index in [-0.39, 0.29) is 29.8 Å². The van der Waals surface area contributed by atoms with Gasteiger partial charge in [-0.2, -0.15) is 4.31 Å². The molecule has 1 aromatic carbocycles. The number of benzene rings is 1. The molecule has 0 bridgehead atoms. The van der Waals surface area contributed by atoms with Crippen molar-refractivity contribution in [2.45, 2.75) is 24.7 Å². The van der Waals surface area contributed by atoms with Crippen LogP contribution in [0.2, 0.25) is 0 Å². The first-order valence-corrected chi connectivity index (χ1v) is 12.8. The Labute approximate surface area is 191 Å². The summed E-state index contributed by atoms with van der Waals surface area (Å²) in [6, 6.07) is 6.07. The van der Waals surface area contributed by atoms with Crippen molar-refractivity contribution in [3.05, 3.63) is 29.8 Å². The minimum Gasteiger partial charge on any atom is -0.352 e. The molecular weight excluding hydrogens is 430 g/mol. The Morgan fingerprint density at radius 3 is 2.12 bits per heavy atom. The van der Waals surface area contributed by atoms with Crippen LogP contribution in [-0.4, -0.2) is 112 Å². The Hall–Kier alpha value is -2.01. The summed E-state index contributed by atoms with van der Waals surface area (Å²) in [5.41, 5.74) is 0.449. The van der Waals surface area contributed by atoms with Crippen LogP contribution in [0.5, 0.6) is 0 Å². The molecule has 1 N–H and O–H groups in total. The maximum Gasteiger partial charge on any atom is 0.251 e. The van der Waals surface area contributed by atoms with Gasteiger partial charge in [-0.25, -0.2) is 8.42 Å². The number of carbonyl (C=O) groups is 2. The highest BCUT2D eigenvalue weighted by atomic mass is 32.2. The van der Waals surface area contributed by atoms with Crippen LogP contribution in [0.3, 0.4) is 0 Å². The van der Waals surface area contributed by atoms with E-state index in [1.54, 1.807) is 17.0 Å². The van der Waals surface area contributed by atoms with E-state index in [9.17, 15) is 18.0 Å². The summed E-state index contributed by atoms with van der Waals surface area (Å²) in [4.78, 5) is 30.4. The fourth-order valence-electron chi connectivity index (χ4n) is 4.01. The molecule has 0 aromatic heterocycles. The Bertz CT molecular complexity index is 874. The number of rotatable bonds is 8. The largest absolute Gasteiger partial charge is 0.352 e. The van der Waals surface area contributed by atoms with Gasteiger partial charge >= 0.3 is 0 Å². The average Bonchev–Trinajstić information content (AvgIpc) is 2.80. The van der Waals surface area contributed by atoms with Gasteiger partial charge in [0, 0.05) is 71.4 Å². The molecule has 2 saturated heterocycles. The maximum atomic E-state index is 12.9. The number of sulfonamides is 1. The molecule has 3 rings (SSSR count). The van der Waals surface area contributed by atoms with Crippen LogP contribution < -0.4 is 5.32 Å². The number of nitrogens with zero attached hydrogens (tertiary/aromatic N) is 4. The molecule has 0 spiro atoms. The summed E-state index contributed by atoms with van der Waals surface area (Å²) in [6.45, 7) is 8.90. The summed E-state index contributed by atoms with van der Waals surface area (Å²) in [5.74, 6) is -0.236. The Morgan fingerprint density at radius 1 is 0.906 bits per heavy atom. The molecule has 2 aliphatic rings. The predicted molar refractivity (Wildman–Crippen MR) is 123 cm³/mol. The second-order valence-electron chi connectivity index (χ2n) is 8.54. The van der Waals surface area contributed by atoms with Crippen molar-refractivity contribution < 1.29 is 18.0 Å². The van der Waals surface area contributed by atoms with E-state index < -0.39 is 10.0 Å². The van der Waals surface area contributed by atoms with E-state index in [0.29, 0.717) is 25.2 Å². The quantitative estimate of drug-likeness (QED) is 0.555. The van der Waals surface area contributed by atoms with Gasteiger partial charge in [0.25, 0.3) is 5.91 Å². The fourth-order valence-corrected chi connectivity index (χ4v) is 5.43. The lowest BCUT2D eigenvalue weighted by Crippen LogP contribution is -2.49. The van der Waals surface area contributed by atoms with E-state index in [4.69, 9.17) is 0 Å². The van der Waals surface area contributed by atoms with Crippen molar-refractivity contribution in [1.29, 1.82) is 0 Å². The van der Waals surface area contributed by atoms with Gasteiger partial charge < -0.3 is 20.0 Å². The van der Waals surface area contributed by atoms with E-state index in [1.165, 1.54) is 23.4 Å². The van der Waals surface area contributed by atoms with Gasteiger partial charge in [0.2, 0.25) is 15.9 Å². The lowest BCUT2D eigenvalue weighted by Gasteiger charge is -2.33. The third-order valence-electron chi connectivity index (χ3n) is 6.22. The molecule has 0 aliphatic carbocycles. The Kier molecular flexibility index (Phi) is 8.64. The van der Waals surface area contributed by atoms with Gasteiger partial charge in [-0.05, 0) is 50.7 Å². The van der Waals surface area contributed by atoms with Crippen LogP contribution in [0.1, 0.15) is 30.1 Å². The molecule has 0 saturated carbocycles. The zero-order chi connectivity index (χ0) is 23.1. The molecule has 2 heterocycles. The van der Waals surface area contributed by atoms with Crippen LogP contribution in [-0.2, 0) is 14.8 Å². The van der Waals surface area contributed by atoms with Crippen LogP contribution in [0.4, 0.5) is 0 Å². The van der Waals surface area contributed by atoms with Crippen molar-refractivity contribution in [1.82, 2.24) is 24.3 Å². The van der Waals surface area contributed by atoms with Crippen LogP contribution >= 0.6 is 0 Å². The van der Waals surface area contributed by atoms with Gasteiger partial charge in [0.15, 0.2) is 0 Å². The molecule has 0 unspecified atom stereocenters. The molecule has 2 amide bonds. The third-order valence-corrected chi connectivity index (χ3v) is 8.13. The first-order chi connectivity index (χ1) is 15.3. The number of unbranched alkanes of at least 4 members (excludes halogenated alkanes) is 1. The van der Waals surface area contributed by atoms with Crippen molar-refractivity contribution in [3.63, 3.8) is 0 Å². The second kappa shape index (κ2) is 11.2. The fraction of sp³-hybridized carbons (Fsp3) is 0.636. The van der Waals surface area contributed by atoms with Gasteiger partial charge in [0.05, 0.1) is 4.90 Å². The Balaban J connectivity index is 1.42. The highest BCUT2D eigenvalue weighted by molar-refractivity contribution is 7.89. The maximum absolute atomic E-state index is 12.9. The van der Waals surface area contributed by atoms with E-state index in [2.05, 4.69) is 22.2 Å². The minimum atomic E-state index is -3.64. The van der Waals surface area contributed by atoms with Crippen molar-refractivity contribution >= 4 is 21.8 Å². The third kappa shape index (κ3) is 6.50. The molecule has 178 valence electrons. The number of likely N-dealkylation sites (N-methyl/N-ethyl adjacent to an activating group) is 1. The minimum absolute atomic E-state index is 0.0447. The van der Waals surface area contributed by atoms with E-state index in [1.807, 2.05) is 0 Å².